The predicted molar refractivity (Wildman–Crippen MR) is 281 cm³/mol. The molecule has 3 heteroatoms. The van der Waals surface area contributed by atoms with Gasteiger partial charge in [0.05, 0.1) is 22.1 Å². The first-order valence-electron chi connectivity index (χ1n) is 23.3. The molecular weight excluding hydrogens is 828 g/mol. The summed E-state index contributed by atoms with van der Waals surface area (Å²) < 4.78 is 16.9. The number of nitrogens with zero attached hydrogens (tertiary/aromatic N) is 2. The van der Waals surface area contributed by atoms with Gasteiger partial charge in [-0.05, 0) is 134 Å². The first-order chi connectivity index (χ1) is 33.6. The van der Waals surface area contributed by atoms with E-state index in [1.54, 1.807) is 0 Å². The van der Waals surface area contributed by atoms with Crippen molar-refractivity contribution < 1.29 is 4.39 Å². The van der Waals surface area contributed by atoms with Crippen LogP contribution in [-0.4, -0.2) is 4.57 Å². The number of hydrogen-bond acceptors (Lipinski definition) is 1. The van der Waals surface area contributed by atoms with Crippen LogP contribution < -0.4 is 4.90 Å². The highest BCUT2D eigenvalue weighted by atomic mass is 19.1. The van der Waals surface area contributed by atoms with E-state index in [1.165, 1.54) is 56.3 Å². The Bertz CT molecular complexity index is 3800. The van der Waals surface area contributed by atoms with Gasteiger partial charge in [-0.25, -0.2) is 4.39 Å². The van der Waals surface area contributed by atoms with Gasteiger partial charge in [-0.2, -0.15) is 0 Å². The summed E-state index contributed by atoms with van der Waals surface area (Å²) >= 11 is 0. The Kier molecular flexibility index (Phi) is 9.29. The van der Waals surface area contributed by atoms with Gasteiger partial charge in [0.1, 0.15) is 5.82 Å². The van der Waals surface area contributed by atoms with Crippen molar-refractivity contribution in [1.82, 2.24) is 4.57 Å². The Hall–Kier alpha value is -8.79. The fourth-order valence-electron chi connectivity index (χ4n) is 11.2. The molecule has 1 aliphatic rings. The van der Waals surface area contributed by atoms with Gasteiger partial charge >= 0.3 is 0 Å². The average molecular weight is 871 g/mol. The summed E-state index contributed by atoms with van der Waals surface area (Å²) in [5.74, 6) is -0.264. The quantitative estimate of drug-likeness (QED) is 0.148. The minimum Gasteiger partial charge on any atom is -0.310 e. The summed E-state index contributed by atoms with van der Waals surface area (Å²) in [6, 6.07) is 92.7. The largest absolute Gasteiger partial charge is 0.310 e. The Labute approximate surface area is 395 Å². The van der Waals surface area contributed by atoms with Crippen LogP contribution in [0.5, 0.6) is 0 Å². The van der Waals surface area contributed by atoms with Gasteiger partial charge in [-0.1, -0.05) is 188 Å². The first kappa shape index (κ1) is 39.6. The topological polar surface area (TPSA) is 8.17 Å². The molecule has 0 amide bonds. The van der Waals surface area contributed by atoms with Crippen molar-refractivity contribution in [1.29, 1.82) is 0 Å². The van der Waals surface area contributed by atoms with E-state index >= 15 is 0 Å². The van der Waals surface area contributed by atoms with Crippen molar-refractivity contribution in [2.45, 2.75) is 5.41 Å². The minimum absolute atomic E-state index is 0.264. The van der Waals surface area contributed by atoms with Crippen molar-refractivity contribution in [2.75, 3.05) is 4.90 Å². The molecule has 0 saturated heterocycles. The third-order valence-corrected chi connectivity index (χ3v) is 14.1. The van der Waals surface area contributed by atoms with Gasteiger partial charge in [0.25, 0.3) is 0 Å². The number of anilines is 3. The number of aromatic nitrogens is 1. The van der Waals surface area contributed by atoms with Crippen LogP contribution in [0.2, 0.25) is 0 Å². The summed E-state index contributed by atoms with van der Waals surface area (Å²) in [5, 5.41) is 4.64. The van der Waals surface area contributed by atoms with Crippen LogP contribution in [0, 0.1) is 5.82 Å². The number of rotatable bonds is 8. The van der Waals surface area contributed by atoms with Gasteiger partial charge in [0.2, 0.25) is 0 Å². The van der Waals surface area contributed by atoms with Crippen LogP contribution in [0.15, 0.2) is 261 Å². The molecule has 0 bridgehead atoms. The molecule has 0 atom stereocenters. The number of para-hydroxylation sites is 1. The maximum Gasteiger partial charge on any atom is 0.123 e. The normalized spacial score (nSPS) is 12.6. The van der Waals surface area contributed by atoms with Crippen molar-refractivity contribution in [3.05, 3.63) is 289 Å². The van der Waals surface area contributed by atoms with E-state index in [0.29, 0.717) is 0 Å². The molecule has 11 aromatic carbocycles. The van der Waals surface area contributed by atoms with Gasteiger partial charge < -0.3 is 9.47 Å². The maximum absolute atomic E-state index is 14.4. The minimum atomic E-state index is -0.454. The van der Waals surface area contributed by atoms with E-state index in [0.717, 1.165) is 66.8 Å². The molecule has 0 fully saturated rings. The molecule has 0 aliphatic heterocycles. The molecule has 2 nitrogen and oxygen atoms in total. The van der Waals surface area contributed by atoms with E-state index < -0.39 is 5.41 Å². The molecule has 1 aliphatic carbocycles. The molecule has 1 heterocycles. The third-order valence-electron chi connectivity index (χ3n) is 14.1. The molecule has 0 unspecified atom stereocenters. The summed E-state index contributed by atoms with van der Waals surface area (Å²) in [7, 11) is 0. The maximum atomic E-state index is 14.4. The molecule has 12 aromatic rings. The predicted octanol–water partition coefficient (Wildman–Crippen LogP) is 17.2. The Morgan fingerprint density at radius 1 is 0.338 bits per heavy atom. The summed E-state index contributed by atoms with van der Waals surface area (Å²) in [5.41, 5.74) is 18.1. The van der Waals surface area contributed by atoms with Gasteiger partial charge in [0, 0.05) is 33.2 Å². The molecule has 0 radical (unpaired) electrons. The standard InChI is InChI=1S/C65H43FN2/c66-49-31-35-51(36-32-49)67(50-33-28-45(29-34-50)44-16-4-1-5-17-44)63-41-38-53(54-22-10-11-24-56(54)63)46-30-40-64-59(42-46)57-25-13-15-27-62(57)68(64)52-37-39-61-58(43-52)55-23-12-14-26-60(55)65(61,47-18-6-2-7-19-47)48-20-8-3-9-21-48/h1-43H. The van der Waals surface area contributed by atoms with Crippen molar-refractivity contribution in [2.24, 2.45) is 0 Å². The van der Waals surface area contributed by atoms with E-state index in [-0.39, 0.29) is 5.82 Å². The highest BCUT2D eigenvalue weighted by molar-refractivity contribution is 6.12. The second kappa shape index (κ2) is 16.0. The number of benzene rings is 11. The fraction of sp³-hybridized carbons (Fsp3) is 0.0154. The molecule has 13 rings (SSSR count). The molecule has 0 spiro atoms. The van der Waals surface area contributed by atoms with Crippen molar-refractivity contribution in [3.63, 3.8) is 0 Å². The average Bonchev–Trinajstić information content (AvgIpc) is 3.90. The summed E-state index contributed by atoms with van der Waals surface area (Å²) in [4.78, 5) is 2.23. The zero-order valence-electron chi connectivity index (χ0n) is 37.1. The zero-order chi connectivity index (χ0) is 45.2. The highest BCUT2D eigenvalue weighted by Crippen LogP contribution is 2.56. The Morgan fingerprint density at radius 3 is 1.60 bits per heavy atom. The van der Waals surface area contributed by atoms with Gasteiger partial charge in [-0.3, -0.25) is 0 Å². The van der Waals surface area contributed by atoms with Crippen molar-refractivity contribution in [3.8, 4) is 39.1 Å². The van der Waals surface area contributed by atoms with Crippen LogP contribution in [-0.2, 0) is 5.41 Å². The smallest absolute Gasteiger partial charge is 0.123 e. The van der Waals surface area contributed by atoms with Gasteiger partial charge in [0.15, 0.2) is 0 Å². The monoisotopic (exact) mass is 870 g/mol. The lowest BCUT2D eigenvalue weighted by Gasteiger charge is -2.33. The van der Waals surface area contributed by atoms with Crippen LogP contribution in [0.1, 0.15) is 22.3 Å². The van der Waals surface area contributed by atoms with Crippen LogP contribution in [0.25, 0.3) is 71.6 Å². The van der Waals surface area contributed by atoms with Crippen molar-refractivity contribution >= 4 is 49.6 Å². The van der Waals surface area contributed by atoms with E-state index in [2.05, 4.69) is 240 Å². The summed E-state index contributed by atoms with van der Waals surface area (Å²) in [6.07, 6.45) is 0. The molecule has 0 saturated carbocycles. The number of hydrogen-bond donors (Lipinski definition) is 0. The number of fused-ring (bicyclic) bond motifs is 7. The summed E-state index contributed by atoms with van der Waals surface area (Å²) in [6.45, 7) is 0. The van der Waals surface area contributed by atoms with Gasteiger partial charge in [-0.15, -0.1) is 0 Å². The molecule has 320 valence electrons. The third kappa shape index (κ3) is 6.17. The lowest BCUT2D eigenvalue weighted by atomic mass is 9.68. The van der Waals surface area contributed by atoms with Crippen LogP contribution >= 0.6 is 0 Å². The van der Waals surface area contributed by atoms with Crippen LogP contribution in [0.4, 0.5) is 21.5 Å². The van der Waals surface area contributed by atoms with E-state index in [9.17, 15) is 4.39 Å². The number of halogens is 1. The van der Waals surface area contributed by atoms with E-state index in [4.69, 9.17) is 0 Å². The second-order valence-corrected chi connectivity index (χ2v) is 17.7. The molecule has 0 N–H and O–H groups in total. The highest BCUT2D eigenvalue weighted by Gasteiger charge is 2.46. The van der Waals surface area contributed by atoms with Crippen LogP contribution in [0.3, 0.4) is 0 Å². The molecular formula is C65H43FN2. The second-order valence-electron chi connectivity index (χ2n) is 17.7. The zero-order valence-corrected chi connectivity index (χ0v) is 37.1. The molecule has 1 aromatic heterocycles. The Morgan fingerprint density at radius 2 is 0.882 bits per heavy atom. The first-order valence-corrected chi connectivity index (χ1v) is 23.3. The Balaban J connectivity index is 0.952. The SMILES string of the molecule is Fc1ccc(N(c2ccc(-c3ccccc3)cc2)c2ccc(-c3ccc4c(c3)c3ccccc3n4-c3ccc4c(c3)-c3ccccc3C4(c3ccccc3)c3ccccc3)c3ccccc23)cc1. The fourth-order valence-corrected chi connectivity index (χ4v) is 11.2. The van der Waals surface area contributed by atoms with E-state index in [1.807, 2.05) is 18.2 Å². The lowest BCUT2D eigenvalue weighted by Crippen LogP contribution is -2.28. The molecule has 68 heavy (non-hydrogen) atoms. The lowest BCUT2D eigenvalue weighted by molar-refractivity contribution is 0.628.